The molecule has 110 valence electrons. The zero-order valence-electron chi connectivity index (χ0n) is 12.7. The number of pyridine rings is 1. The number of allylic oxidation sites excluding steroid dienone is 1. The Morgan fingerprint density at radius 1 is 1.00 bits per heavy atom. The van der Waals surface area contributed by atoms with E-state index in [2.05, 4.69) is 54.4 Å². The van der Waals surface area contributed by atoms with Crippen LogP contribution in [0.15, 0.2) is 64.5 Å². The van der Waals surface area contributed by atoms with Crippen LogP contribution in [0.1, 0.15) is 44.7 Å². The molecule has 0 fully saturated rings. The van der Waals surface area contributed by atoms with Crippen molar-refractivity contribution >= 4 is 17.8 Å². The summed E-state index contributed by atoms with van der Waals surface area (Å²) in [5.74, 6) is 0. The van der Waals surface area contributed by atoms with Crippen molar-refractivity contribution < 1.29 is 0 Å². The van der Waals surface area contributed by atoms with Crippen LogP contribution in [0, 0.1) is 0 Å². The third-order valence-electron chi connectivity index (χ3n) is 3.27. The van der Waals surface area contributed by atoms with Gasteiger partial charge in [0.05, 0.1) is 5.69 Å². The third kappa shape index (κ3) is 6.17. The highest BCUT2D eigenvalue weighted by Gasteiger charge is 2.02. The van der Waals surface area contributed by atoms with Crippen LogP contribution in [-0.2, 0) is 0 Å². The monoisotopic (exact) mass is 297 g/mol. The fourth-order valence-electron chi connectivity index (χ4n) is 2.14. The van der Waals surface area contributed by atoms with E-state index in [0.29, 0.717) is 0 Å². The molecule has 0 saturated heterocycles. The molecule has 0 N–H and O–H groups in total. The fourth-order valence-corrected chi connectivity index (χ4v) is 3.17. The summed E-state index contributed by atoms with van der Waals surface area (Å²) in [5.41, 5.74) is 1.05. The lowest BCUT2D eigenvalue weighted by Crippen LogP contribution is -1.84. The van der Waals surface area contributed by atoms with Crippen molar-refractivity contribution in [2.75, 3.05) is 0 Å². The first-order valence-electron chi connectivity index (χ1n) is 7.73. The molecule has 2 aromatic rings. The second-order valence-corrected chi connectivity index (χ2v) is 6.29. The van der Waals surface area contributed by atoms with Gasteiger partial charge in [-0.15, -0.1) is 0 Å². The zero-order chi connectivity index (χ0) is 14.8. The van der Waals surface area contributed by atoms with Gasteiger partial charge < -0.3 is 0 Å². The summed E-state index contributed by atoms with van der Waals surface area (Å²) >= 11 is 1.86. The summed E-state index contributed by atoms with van der Waals surface area (Å²) < 4.78 is 0. The molecule has 0 aliphatic carbocycles. The lowest BCUT2D eigenvalue weighted by Gasteiger charge is -2.07. The molecule has 0 bridgehead atoms. The van der Waals surface area contributed by atoms with Crippen LogP contribution in [0.3, 0.4) is 0 Å². The Bertz CT molecular complexity index is 534. The third-order valence-corrected chi connectivity index (χ3v) is 4.36. The summed E-state index contributed by atoms with van der Waals surface area (Å²) in [6.07, 6.45) is 10.4. The maximum Gasteiger partial charge on any atom is 0.0637 e. The van der Waals surface area contributed by atoms with Gasteiger partial charge in [0.15, 0.2) is 0 Å². The average Bonchev–Trinajstić information content (AvgIpc) is 2.53. The lowest BCUT2D eigenvalue weighted by molar-refractivity contribution is 0.673. The van der Waals surface area contributed by atoms with Crippen LogP contribution in [0.25, 0.3) is 6.08 Å². The zero-order valence-corrected chi connectivity index (χ0v) is 13.5. The van der Waals surface area contributed by atoms with Crippen molar-refractivity contribution in [3.05, 3.63) is 65.3 Å². The minimum Gasteiger partial charge on any atom is -0.257 e. The van der Waals surface area contributed by atoms with Gasteiger partial charge in [0.25, 0.3) is 0 Å². The molecule has 0 aliphatic rings. The predicted molar refractivity (Wildman–Crippen MR) is 93.3 cm³/mol. The molecule has 0 unspecified atom stereocenters. The minimum atomic E-state index is 1.05. The van der Waals surface area contributed by atoms with E-state index < -0.39 is 0 Å². The van der Waals surface area contributed by atoms with Gasteiger partial charge in [-0.25, -0.2) is 0 Å². The van der Waals surface area contributed by atoms with Gasteiger partial charge >= 0.3 is 0 Å². The van der Waals surface area contributed by atoms with E-state index in [4.69, 9.17) is 0 Å². The van der Waals surface area contributed by atoms with E-state index in [1.807, 2.05) is 30.1 Å². The van der Waals surface area contributed by atoms with E-state index in [9.17, 15) is 0 Å². The van der Waals surface area contributed by atoms with Crippen LogP contribution in [0.4, 0.5) is 0 Å². The summed E-state index contributed by atoms with van der Waals surface area (Å²) in [4.78, 5) is 7.12. The van der Waals surface area contributed by atoms with Gasteiger partial charge in [0.2, 0.25) is 0 Å². The molecule has 0 radical (unpaired) electrons. The quantitative estimate of drug-likeness (QED) is 0.426. The van der Waals surface area contributed by atoms with Crippen LogP contribution in [-0.4, -0.2) is 4.98 Å². The van der Waals surface area contributed by atoms with Gasteiger partial charge in [-0.05, 0) is 48.1 Å². The highest BCUT2D eigenvalue weighted by atomic mass is 32.2. The lowest BCUT2D eigenvalue weighted by atomic mass is 10.1. The van der Waals surface area contributed by atoms with Gasteiger partial charge in [0, 0.05) is 11.1 Å². The molecule has 0 spiro atoms. The molecule has 2 heteroatoms. The molecule has 1 aromatic heterocycles. The molecule has 1 nitrogen and oxygen atoms in total. The SMILES string of the molecule is CCCCCC/C(=C/c1ccccn1)Sc1ccccc1. The Kier molecular flexibility index (Phi) is 7.10. The van der Waals surface area contributed by atoms with E-state index in [0.717, 1.165) is 12.1 Å². The topological polar surface area (TPSA) is 12.9 Å². The van der Waals surface area contributed by atoms with Crippen LogP contribution in [0.5, 0.6) is 0 Å². The number of hydrogen-bond donors (Lipinski definition) is 0. The van der Waals surface area contributed by atoms with Gasteiger partial charge in [-0.1, -0.05) is 62.2 Å². The molecule has 1 aromatic carbocycles. The molecule has 2 rings (SSSR count). The first kappa shape index (κ1) is 15.8. The predicted octanol–water partition coefficient (Wildman–Crippen LogP) is 6.19. The largest absolute Gasteiger partial charge is 0.257 e. The summed E-state index contributed by atoms with van der Waals surface area (Å²) in [7, 11) is 0. The molecular weight excluding hydrogens is 274 g/mol. The van der Waals surface area contributed by atoms with Gasteiger partial charge in [-0.3, -0.25) is 4.98 Å². The molecule has 0 atom stereocenters. The van der Waals surface area contributed by atoms with Gasteiger partial charge in [0.1, 0.15) is 0 Å². The number of unbranched alkanes of at least 4 members (excludes halogenated alkanes) is 3. The van der Waals surface area contributed by atoms with E-state index >= 15 is 0 Å². The van der Waals surface area contributed by atoms with Crippen molar-refractivity contribution in [1.29, 1.82) is 0 Å². The van der Waals surface area contributed by atoms with Crippen molar-refractivity contribution in [2.24, 2.45) is 0 Å². The van der Waals surface area contributed by atoms with Crippen LogP contribution in [0.2, 0.25) is 0 Å². The number of hydrogen-bond acceptors (Lipinski definition) is 2. The Labute approximate surface area is 132 Å². The molecule has 0 aliphatic heterocycles. The molecular formula is C19H23NS. The maximum absolute atomic E-state index is 4.41. The number of aromatic nitrogens is 1. The summed E-state index contributed by atoms with van der Waals surface area (Å²) in [6.45, 7) is 2.25. The smallest absolute Gasteiger partial charge is 0.0637 e. The Hall–Kier alpha value is -1.54. The number of benzene rings is 1. The first-order chi connectivity index (χ1) is 10.4. The van der Waals surface area contributed by atoms with Crippen LogP contribution >= 0.6 is 11.8 Å². The number of thioether (sulfide) groups is 1. The molecule has 1 heterocycles. The summed E-state index contributed by atoms with van der Waals surface area (Å²) in [5, 5.41) is 0. The van der Waals surface area contributed by atoms with Crippen molar-refractivity contribution in [3.63, 3.8) is 0 Å². The Morgan fingerprint density at radius 2 is 1.81 bits per heavy atom. The highest BCUT2D eigenvalue weighted by Crippen LogP contribution is 2.31. The van der Waals surface area contributed by atoms with Crippen LogP contribution < -0.4 is 0 Å². The fraction of sp³-hybridized carbons (Fsp3) is 0.316. The van der Waals surface area contributed by atoms with E-state index in [1.54, 1.807) is 0 Å². The summed E-state index contributed by atoms with van der Waals surface area (Å²) in [6, 6.07) is 16.7. The van der Waals surface area contributed by atoms with E-state index in [-0.39, 0.29) is 0 Å². The number of nitrogens with zero attached hydrogens (tertiary/aromatic N) is 1. The minimum absolute atomic E-state index is 1.05. The molecule has 0 amide bonds. The van der Waals surface area contributed by atoms with Gasteiger partial charge in [-0.2, -0.15) is 0 Å². The first-order valence-corrected chi connectivity index (χ1v) is 8.54. The van der Waals surface area contributed by atoms with Crippen molar-refractivity contribution in [1.82, 2.24) is 4.98 Å². The molecule has 0 saturated carbocycles. The Balaban J connectivity index is 2.04. The van der Waals surface area contributed by atoms with Crippen molar-refractivity contribution in [2.45, 2.75) is 43.9 Å². The van der Waals surface area contributed by atoms with Crippen molar-refractivity contribution in [3.8, 4) is 0 Å². The normalized spacial score (nSPS) is 11.6. The number of rotatable bonds is 8. The maximum atomic E-state index is 4.41. The Morgan fingerprint density at radius 3 is 2.52 bits per heavy atom. The highest BCUT2D eigenvalue weighted by molar-refractivity contribution is 8.03. The van der Waals surface area contributed by atoms with E-state index in [1.165, 1.54) is 35.5 Å². The second-order valence-electron chi connectivity index (χ2n) is 5.09. The standard InChI is InChI=1S/C19H23NS/c1-2-3-4-6-14-19(16-17-11-9-10-15-20-17)21-18-12-7-5-8-13-18/h5,7-13,15-16H,2-4,6,14H2,1H3/b19-16-. The second kappa shape index (κ2) is 9.41. The molecule has 21 heavy (non-hydrogen) atoms. The average molecular weight is 297 g/mol.